The molecule has 1 aliphatic carbocycles. The minimum atomic E-state index is -1.99. The topological polar surface area (TPSA) is 232 Å². The summed E-state index contributed by atoms with van der Waals surface area (Å²) in [6.45, 7) is -1.70. The Morgan fingerprint density at radius 3 is 2.33 bits per heavy atom. The van der Waals surface area contributed by atoms with Crippen LogP contribution in [0.15, 0.2) is 40.6 Å². The first-order chi connectivity index (χ1) is 24.2. The van der Waals surface area contributed by atoms with Crippen LogP contribution in [0.25, 0.3) is 11.3 Å². The third-order valence-corrected chi connectivity index (χ3v) is 11.1. The number of nitrogens with zero attached hydrogens (tertiary/aromatic N) is 5. The molecule has 0 bridgehead atoms. The zero-order chi connectivity index (χ0) is 37.4. The average Bonchev–Trinajstić information content (AvgIpc) is 3.59. The van der Waals surface area contributed by atoms with Gasteiger partial charge in [-0.05, 0) is 37.1 Å². The first-order valence-corrected chi connectivity index (χ1v) is 16.9. The van der Waals surface area contributed by atoms with Crippen LogP contribution >= 0.6 is 35.0 Å². The molecule has 9 N–H and O–H groups in total. The van der Waals surface area contributed by atoms with Crippen molar-refractivity contribution in [3.8, 4) is 11.3 Å². The van der Waals surface area contributed by atoms with Crippen LogP contribution in [0.5, 0.6) is 0 Å². The molecule has 5 rings (SSSR count). The third kappa shape index (κ3) is 7.47. The van der Waals surface area contributed by atoms with Crippen LogP contribution < -0.4 is 5.84 Å². The molecule has 51 heavy (non-hydrogen) atoms. The highest BCUT2D eigenvalue weighted by Gasteiger charge is 2.58. The summed E-state index contributed by atoms with van der Waals surface area (Å²) >= 11 is 12.1. The Kier molecular flexibility index (Phi) is 12.3. The van der Waals surface area contributed by atoms with Crippen molar-refractivity contribution in [3.05, 3.63) is 69.3 Å². The van der Waals surface area contributed by atoms with Gasteiger partial charge in [-0.1, -0.05) is 28.4 Å². The van der Waals surface area contributed by atoms with E-state index in [4.69, 9.17) is 33.8 Å². The Morgan fingerprint density at radius 2 is 1.73 bits per heavy atom. The summed E-state index contributed by atoms with van der Waals surface area (Å²) in [5.74, 6) is -0.0575. The van der Waals surface area contributed by atoms with Crippen molar-refractivity contribution in [1.29, 1.82) is 0 Å². The summed E-state index contributed by atoms with van der Waals surface area (Å²) < 4.78 is 64.2. The number of ether oxygens (including phenoxy) is 1. The lowest BCUT2D eigenvalue weighted by Crippen LogP contribution is -2.63. The second-order valence-corrected chi connectivity index (χ2v) is 14.0. The molecule has 1 saturated carbocycles. The van der Waals surface area contributed by atoms with Gasteiger partial charge < -0.3 is 46.3 Å². The molecule has 21 heteroatoms. The molecule has 0 amide bonds. The first kappa shape index (κ1) is 39.3. The quantitative estimate of drug-likeness (QED) is 0.0422. The van der Waals surface area contributed by atoms with Gasteiger partial charge in [-0.15, -0.1) is 16.9 Å². The highest BCUT2D eigenvalue weighted by atomic mass is 35.5. The Balaban J connectivity index is 1.42. The predicted octanol–water partition coefficient (Wildman–Crippen LogP) is 0.932. The summed E-state index contributed by atoms with van der Waals surface area (Å²) in [7, 11) is 0. The van der Waals surface area contributed by atoms with Crippen LogP contribution in [0.4, 0.5) is 17.6 Å². The van der Waals surface area contributed by atoms with Gasteiger partial charge in [0.25, 0.3) is 0 Å². The molecule has 2 aliphatic rings. The number of aliphatic imine (C=N–C) groups is 1. The van der Waals surface area contributed by atoms with Gasteiger partial charge in [0.1, 0.15) is 65.0 Å². The van der Waals surface area contributed by atoms with Crippen LogP contribution in [0.3, 0.4) is 0 Å². The van der Waals surface area contributed by atoms with Crippen LogP contribution in [0.2, 0.25) is 10.0 Å². The molecule has 0 radical (unpaired) electrons. The van der Waals surface area contributed by atoms with E-state index in [-0.39, 0.29) is 29.8 Å². The number of hydrazone groups is 1. The number of benzene rings is 2. The van der Waals surface area contributed by atoms with Crippen molar-refractivity contribution in [2.24, 2.45) is 15.9 Å². The number of thioether (sulfide) groups is 1. The first-order valence-electron chi connectivity index (χ1n) is 15.2. The lowest BCUT2D eigenvalue weighted by molar-refractivity contribution is -0.162. The minimum absolute atomic E-state index is 0.0420. The maximum atomic E-state index is 14.7. The smallest absolute Gasteiger partial charge is 0.178 e. The van der Waals surface area contributed by atoms with E-state index >= 15 is 0 Å². The van der Waals surface area contributed by atoms with E-state index in [0.717, 1.165) is 53.1 Å². The Hall–Kier alpha value is -2.95. The van der Waals surface area contributed by atoms with Crippen molar-refractivity contribution in [1.82, 2.24) is 15.0 Å². The van der Waals surface area contributed by atoms with E-state index in [9.17, 15) is 53.3 Å². The summed E-state index contributed by atoms with van der Waals surface area (Å²) in [6, 6.07) is 1.33. The zero-order valence-electron chi connectivity index (χ0n) is 26.0. The minimum Gasteiger partial charge on any atom is -0.394 e. The van der Waals surface area contributed by atoms with Crippen LogP contribution in [-0.4, -0.2) is 129 Å². The SMILES string of the molecule is N/N=C(\C=NC1C(O)[C@H](SC2CC[C@]2(O)C(C(O)[C@H](O)CO)n2cc(-c3ccc(Cl)c(F)c3F)nn2)OC(CO)[C@@H]1O)c1ccc(Cl)c(F)c1F. The number of halogens is 6. The molecule has 2 heterocycles. The van der Waals surface area contributed by atoms with Gasteiger partial charge in [0, 0.05) is 16.4 Å². The van der Waals surface area contributed by atoms with Crippen LogP contribution in [0.1, 0.15) is 24.4 Å². The van der Waals surface area contributed by atoms with Gasteiger partial charge in [0.15, 0.2) is 23.3 Å². The van der Waals surface area contributed by atoms with Gasteiger partial charge in [-0.2, -0.15) is 5.10 Å². The molecule has 3 aromatic rings. The maximum Gasteiger partial charge on any atom is 0.178 e. The molecule has 2 aromatic carbocycles. The molecular formula is C30H32Cl2F4N6O8S. The number of rotatable bonds is 12. The second-order valence-electron chi connectivity index (χ2n) is 11.9. The van der Waals surface area contributed by atoms with E-state index in [1.54, 1.807) is 0 Å². The lowest BCUT2D eigenvalue weighted by atomic mass is 9.71. The van der Waals surface area contributed by atoms with Gasteiger partial charge in [-0.25, -0.2) is 22.2 Å². The number of aromatic nitrogens is 3. The van der Waals surface area contributed by atoms with E-state index in [1.807, 2.05) is 0 Å². The van der Waals surface area contributed by atoms with Crippen LogP contribution in [-0.2, 0) is 4.74 Å². The van der Waals surface area contributed by atoms with Gasteiger partial charge in [0.2, 0.25) is 0 Å². The standard InChI is InChI=1S/C30H32Cl2F4N6O8S/c31-13-3-1-11(20(33)22(13)35)15(39-37)7-38-24-26(47)18(10-44)50-29(27(24)48)51-19-5-6-30(19,49)28(25(46)17(45)9-43)42-8-16(40-41-42)12-2-4-14(32)23(36)21(12)34/h1-4,7-8,17-19,24-29,43-49H,5-6,9-10,37H2/b38-7?,39-15+/t17-,18?,19?,24?,25?,26+,27?,28?,29+,30-/m1/s1. The monoisotopic (exact) mass is 782 g/mol. The van der Waals surface area contributed by atoms with Crippen LogP contribution in [0, 0.1) is 23.3 Å². The fraction of sp³-hybridized carbons (Fsp3) is 0.467. The van der Waals surface area contributed by atoms with Gasteiger partial charge >= 0.3 is 0 Å². The second kappa shape index (κ2) is 16.0. The number of aliphatic hydroxyl groups excluding tert-OH is 6. The molecule has 1 aliphatic heterocycles. The molecule has 1 aromatic heterocycles. The predicted molar refractivity (Wildman–Crippen MR) is 176 cm³/mol. The molecule has 2 fully saturated rings. The Bertz CT molecular complexity index is 1800. The van der Waals surface area contributed by atoms with E-state index < -0.39 is 111 Å². The Labute approximate surface area is 300 Å². The molecule has 6 unspecified atom stereocenters. The van der Waals surface area contributed by atoms with Crippen molar-refractivity contribution in [2.75, 3.05) is 13.2 Å². The maximum absolute atomic E-state index is 14.7. The molecule has 14 nitrogen and oxygen atoms in total. The molecule has 0 spiro atoms. The summed E-state index contributed by atoms with van der Waals surface area (Å²) in [5, 5.41) is 84.4. The van der Waals surface area contributed by atoms with Crippen molar-refractivity contribution in [2.45, 2.75) is 71.7 Å². The average molecular weight is 784 g/mol. The number of hydrogen-bond donors (Lipinski definition) is 8. The zero-order valence-corrected chi connectivity index (χ0v) is 28.3. The van der Waals surface area contributed by atoms with Crippen molar-refractivity contribution < 1.29 is 58.0 Å². The molecule has 10 atom stereocenters. The summed E-state index contributed by atoms with van der Waals surface area (Å²) in [5.41, 5.74) is -4.71. The third-order valence-electron chi connectivity index (χ3n) is 8.85. The fourth-order valence-corrected chi connectivity index (χ4v) is 7.80. The Morgan fingerprint density at radius 1 is 1.06 bits per heavy atom. The van der Waals surface area contributed by atoms with Crippen molar-refractivity contribution >= 4 is 46.9 Å². The highest BCUT2D eigenvalue weighted by Crippen LogP contribution is 2.51. The molecule has 278 valence electrons. The van der Waals surface area contributed by atoms with E-state index in [1.165, 1.54) is 0 Å². The van der Waals surface area contributed by atoms with E-state index in [0.29, 0.717) is 0 Å². The summed E-state index contributed by atoms with van der Waals surface area (Å²) in [4.78, 5) is 4.10. The lowest BCUT2D eigenvalue weighted by Gasteiger charge is -2.52. The normalized spacial score (nSPS) is 28.8. The molecular weight excluding hydrogens is 751 g/mol. The highest BCUT2D eigenvalue weighted by molar-refractivity contribution is 8.00. The summed E-state index contributed by atoms with van der Waals surface area (Å²) in [6.07, 6.45) is -6.22. The number of hydrogen-bond acceptors (Lipinski definition) is 14. The molecule has 1 saturated heterocycles. The largest absolute Gasteiger partial charge is 0.394 e. The van der Waals surface area contributed by atoms with Gasteiger partial charge in [0.05, 0.1) is 35.7 Å². The fourth-order valence-electron chi connectivity index (χ4n) is 5.91. The van der Waals surface area contributed by atoms with Crippen molar-refractivity contribution in [3.63, 3.8) is 0 Å². The van der Waals surface area contributed by atoms with Gasteiger partial charge in [-0.3, -0.25) is 4.99 Å². The number of aliphatic hydroxyl groups is 7. The number of nitrogens with two attached hydrogens (primary N) is 1. The van der Waals surface area contributed by atoms with E-state index in [2.05, 4.69) is 20.4 Å².